The lowest BCUT2D eigenvalue weighted by molar-refractivity contribution is -0.137. The molecule has 2 aromatic rings. The largest absolute Gasteiger partial charge is 0.416 e. The summed E-state index contributed by atoms with van der Waals surface area (Å²) in [5.74, 6) is -0.224. The third-order valence-electron chi connectivity index (χ3n) is 4.14. The summed E-state index contributed by atoms with van der Waals surface area (Å²) in [5.41, 5.74) is 0.556. The highest BCUT2D eigenvalue weighted by molar-refractivity contribution is 7.09. The third-order valence-corrected chi connectivity index (χ3v) is 5.10. The fourth-order valence-electron chi connectivity index (χ4n) is 2.76. The van der Waals surface area contributed by atoms with Crippen LogP contribution in [-0.2, 0) is 12.7 Å². The zero-order chi connectivity index (χ0) is 18.0. The first-order chi connectivity index (χ1) is 11.8. The minimum Gasteiger partial charge on any atom is -0.336 e. The van der Waals surface area contributed by atoms with Crippen molar-refractivity contribution in [1.29, 1.82) is 0 Å². The molecule has 0 saturated carbocycles. The second kappa shape index (κ2) is 8.37. The first-order valence-corrected chi connectivity index (χ1v) is 8.81. The lowest BCUT2D eigenvalue weighted by Gasteiger charge is -2.34. The predicted octanol–water partition coefficient (Wildman–Crippen LogP) is 3.85. The number of amides is 1. The Morgan fingerprint density at radius 2 is 1.77 bits per heavy atom. The van der Waals surface area contributed by atoms with Gasteiger partial charge in [0.2, 0.25) is 0 Å². The van der Waals surface area contributed by atoms with Crippen LogP contribution in [0.1, 0.15) is 26.6 Å². The monoisotopic (exact) mass is 405 g/mol. The average molecular weight is 406 g/mol. The molecule has 142 valence electrons. The maximum absolute atomic E-state index is 12.6. The highest BCUT2D eigenvalue weighted by atomic mass is 35.5. The predicted molar refractivity (Wildman–Crippen MR) is 96.7 cm³/mol. The smallest absolute Gasteiger partial charge is 0.336 e. The van der Waals surface area contributed by atoms with Crippen LogP contribution in [0.25, 0.3) is 0 Å². The molecule has 0 spiro atoms. The van der Waals surface area contributed by atoms with Gasteiger partial charge in [-0.05, 0) is 31.2 Å². The van der Waals surface area contributed by atoms with Gasteiger partial charge in [-0.25, -0.2) is 4.98 Å². The van der Waals surface area contributed by atoms with Gasteiger partial charge in [0.05, 0.1) is 12.1 Å². The van der Waals surface area contributed by atoms with Gasteiger partial charge in [-0.3, -0.25) is 9.69 Å². The number of piperazine rings is 1. The molecule has 0 atom stereocenters. The number of carbonyl (C=O) groups is 1. The number of hydrogen-bond acceptors (Lipinski definition) is 4. The molecule has 0 bridgehead atoms. The van der Waals surface area contributed by atoms with E-state index in [2.05, 4.69) is 9.88 Å². The van der Waals surface area contributed by atoms with Gasteiger partial charge in [0.15, 0.2) is 0 Å². The number of halogens is 4. The van der Waals surface area contributed by atoms with Gasteiger partial charge in [-0.1, -0.05) is 0 Å². The highest BCUT2D eigenvalue weighted by Crippen LogP contribution is 2.29. The van der Waals surface area contributed by atoms with Crippen LogP contribution in [0.2, 0.25) is 0 Å². The number of nitrogens with zero attached hydrogens (tertiary/aromatic N) is 3. The van der Waals surface area contributed by atoms with Crippen LogP contribution in [0, 0.1) is 6.92 Å². The van der Waals surface area contributed by atoms with Crippen LogP contribution in [0.4, 0.5) is 13.2 Å². The van der Waals surface area contributed by atoms with E-state index in [9.17, 15) is 18.0 Å². The molecule has 1 aromatic carbocycles. The van der Waals surface area contributed by atoms with Gasteiger partial charge in [0.25, 0.3) is 5.91 Å². The van der Waals surface area contributed by atoms with Crippen molar-refractivity contribution >= 4 is 29.7 Å². The standard InChI is InChI=1S/C17H18F3N3OS.ClH/c1-12-11-25-15(21-12)10-22-6-8-23(9-7-22)16(24)13-2-4-14(5-3-13)17(18,19)20;/h2-5,11H,6-10H2,1H3;1H. The van der Waals surface area contributed by atoms with Crippen molar-refractivity contribution in [3.05, 3.63) is 51.5 Å². The fraction of sp³-hybridized carbons (Fsp3) is 0.412. The topological polar surface area (TPSA) is 36.4 Å². The minimum absolute atomic E-state index is 0. The molecule has 9 heteroatoms. The zero-order valence-electron chi connectivity index (χ0n) is 14.1. The van der Waals surface area contributed by atoms with Crippen molar-refractivity contribution in [2.24, 2.45) is 0 Å². The normalized spacial score (nSPS) is 15.6. The third kappa shape index (κ3) is 4.96. The Morgan fingerprint density at radius 1 is 1.15 bits per heavy atom. The number of benzene rings is 1. The quantitative estimate of drug-likeness (QED) is 0.778. The van der Waals surface area contributed by atoms with Gasteiger partial charge in [0.1, 0.15) is 5.01 Å². The zero-order valence-corrected chi connectivity index (χ0v) is 15.8. The Hall–Kier alpha value is -1.64. The number of alkyl halides is 3. The maximum Gasteiger partial charge on any atom is 0.416 e. The molecule has 1 aliphatic heterocycles. The molecule has 1 amide bonds. The molecule has 26 heavy (non-hydrogen) atoms. The number of aryl methyl sites for hydroxylation is 1. The van der Waals surface area contributed by atoms with Crippen molar-refractivity contribution in [1.82, 2.24) is 14.8 Å². The van der Waals surface area contributed by atoms with Crippen LogP contribution >= 0.6 is 23.7 Å². The first-order valence-electron chi connectivity index (χ1n) is 7.93. The maximum atomic E-state index is 12.6. The number of hydrogen-bond donors (Lipinski definition) is 0. The van der Waals surface area contributed by atoms with Gasteiger partial charge < -0.3 is 4.90 Å². The summed E-state index contributed by atoms with van der Waals surface area (Å²) in [4.78, 5) is 20.8. The van der Waals surface area contributed by atoms with Crippen LogP contribution in [0.15, 0.2) is 29.6 Å². The molecule has 1 saturated heterocycles. The van der Waals surface area contributed by atoms with Crippen molar-refractivity contribution in [2.75, 3.05) is 26.2 Å². The van der Waals surface area contributed by atoms with Crippen LogP contribution < -0.4 is 0 Å². The van der Waals surface area contributed by atoms with Crippen LogP contribution in [-0.4, -0.2) is 46.9 Å². The Balaban J connectivity index is 0.00000243. The lowest BCUT2D eigenvalue weighted by Crippen LogP contribution is -2.48. The summed E-state index contributed by atoms with van der Waals surface area (Å²) in [6, 6.07) is 4.40. The molecule has 4 nitrogen and oxygen atoms in total. The Morgan fingerprint density at radius 3 is 2.27 bits per heavy atom. The lowest BCUT2D eigenvalue weighted by atomic mass is 10.1. The summed E-state index contributed by atoms with van der Waals surface area (Å²) in [7, 11) is 0. The highest BCUT2D eigenvalue weighted by Gasteiger charge is 2.30. The molecule has 0 aliphatic carbocycles. The van der Waals surface area contributed by atoms with Crippen molar-refractivity contribution in [3.63, 3.8) is 0 Å². The summed E-state index contributed by atoms with van der Waals surface area (Å²) in [6.07, 6.45) is -4.39. The summed E-state index contributed by atoms with van der Waals surface area (Å²) in [6.45, 7) is 5.30. The van der Waals surface area contributed by atoms with E-state index in [1.165, 1.54) is 12.1 Å². The van der Waals surface area contributed by atoms with E-state index in [4.69, 9.17) is 0 Å². The van der Waals surface area contributed by atoms with Crippen LogP contribution in [0.3, 0.4) is 0 Å². The summed E-state index contributed by atoms with van der Waals surface area (Å²) in [5, 5.41) is 3.07. The van der Waals surface area contributed by atoms with E-state index in [1.54, 1.807) is 16.2 Å². The Kier molecular flexibility index (Phi) is 6.65. The number of thiazole rings is 1. The molecule has 0 N–H and O–H groups in total. The molecular formula is C17H19ClF3N3OS. The van der Waals surface area contributed by atoms with E-state index in [0.29, 0.717) is 13.1 Å². The molecule has 3 rings (SSSR count). The van der Waals surface area contributed by atoms with Gasteiger partial charge >= 0.3 is 6.18 Å². The van der Waals surface area contributed by atoms with E-state index >= 15 is 0 Å². The number of aromatic nitrogens is 1. The second-order valence-electron chi connectivity index (χ2n) is 6.03. The van der Waals surface area contributed by atoms with Gasteiger partial charge in [-0.2, -0.15) is 13.2 Å². The van der Waals surface area contributed by atoms with Gasteiger partial charge in [-0.15, -0.1) is 23.7 Å². The Labute approximate surface area is 160 Å². The first kappa shape index (κ1) is 20.7. The van der Waals surface area contributed by atoms with E-state index in [-0.39, 0.29) is 23.9 Å². The van der Waals surface area contributed by atoms with Crippen molar-refractivity contribution in [3.8, 4) is 0 Å². The molecule has 1 aliphatic rings. The molecule has 2 heterocycles. The van der Waals surface area contributed by atoms with E-state index < -0.39 is 11.7 Å². The number of carbonyl (C=O) groups excluding carboxylic acids is 1. The van der Waals surface area contributed by atoms with Crippen LogP contribution in [0.5, 0.6) is 0 Å². The number of rotatable bonds is 3. The van der Waals surface area contributed by atoms with E-state index in [1.807, 2.05) is 12.3 Å². The second-order valence-corrected chi connectivity index (χ2v) is 6.97. The summed E-state index contributed by atoms with van der Waals surface area (Å²) < 4.78 is 37.8. The SMILES string of the molecule is Cc1csc(CN2CCN(C(=O)c3ccc(C(F)(F)F)cc3)CC2)n1.Cl. The molecule has 0 unspecified atom stereocenters. The van der Waals surface area contributed by atoms with Crippen molar-refractivity contribution < 1.29 is 18.0 Å². The Bertz CT molecular complexity index is 740. The van der Waals surface area contributed by atoms with E-state index in [0.717, 1.165) is 42.5 Å². The fourth-order valence-corrected chi connectivity index (χ4v) is 3.57. The average Bonchev–Trinajstić information content (AvgIpc) is 2.99. The molecular weight excluding hydrogens is 387 g/mol. The minimum atomic E-state index is -4.39. The van der Waals surface area contributed by atoms with Gasteiger partial charge in [0, 0.05) is 42.8 Å². The molecule has 1 aromatic heterocycles. The summed E-state index contributed by atoms with van der Waals surface area (Å²) >= 11 is 1.63. The molecule has 0 radical (unpaired) electrons. The van der Waals surface area contributed by atoms with Crippen molar-refractivity contribution in [2.45, 2.75) is 19.6 Å². The molecule has 1 fully saturated rings.